The molecule has 0 spiro atoms. The van der Waals surface area contributed by atoms with Crippen LogP contribution in [-0.2, 0) is 0 Å². The van der Waals surface area contributed by atoms with Gasteiger partial charge in [-0.1, -0.05) is 0 Å². The molecule has 0 bridgehead atoms. The third-order valence-electron chi connectivity index (χ3n) is 4.06. The molecule has 0 aromatic carbocycles. The van der Waals surface area contributed by atoms with E-state index in [1.54, 1.807) is 0 Å². The van der Waals surface area contributed by atoms with Crippen LogP contribution in [0.25, 0.3) is 0 Å². The first-order valence-electron chi connectivity index (χ1n) is 6.19. The zero-order valence-electron chi connectivity index (χ0n) is 11.2. The lowest BCUT2D eigenvalue weighted by atomic mass is 9.99. The fourth-order valence-corrected chi connectivity index (χ4v) is 3.93. The fraction of sp³-hybridized carbons (Fsp3) is 1.00. The molecule has 1 heterocycles. The molecule has 2 unspecified atom stereocenters. The smallest absolute Gasteiger partial charge is 0.0179 e. The maximum absolute atomic E-state index is 2.75. The monoisotopic (exact) mass is 210 g/mol. The van der Waals surface area contributed by atoms with Gasteiger partial charge >= 0.3 is 0 Å². The van der Waals surface area contributed by atoms with Crippen LogP contribution in [0.3, 0.4) is 0 Å². The second-order valence-electron chi connectivity index (χ2n) is 6.95. The maximum atomic E-state index is 2.75. The van der Waals surface area contributed by atoms with Crippen LogP contribution in [-0.4, -0.2) is 48.1 Å². The number of likely N-dealkylation sites (tertiary alicyclic amines) is 1. The highest BCUT2D eigenvalue weighted by Crippen LogP contribution is 2.61. The Morgan fingerprint density at radius 2 is 1.87 bits per heavy atom. The summed E-state index contributed by atoms with van der Waals surface area (Å²) in [6, 6.07) is 1.62. The zero-order valence-corrected chi connectivity index (χ0v) is 11.2. The summed E-state index contributed by atoms with van der Waals surface area (Å²) in [7, 11) is 4.41. The molecule has 0 aromatic heterocycles. The first kappa shape index (κ1) is 11.4. The minimum Gasteiger partial charge on any atom is -0.309 e. The van der Waals surface area contributed by atoms with E-state index >= 15 is 0 Å². The van der Waals surface area contributed by atoms with Gasteiger partial charge < -0.3 is 4.90 Å². The Balaban J connectivity index is 2.09. The first-order valence-corrected chi connectivity index (χ1v) is 6.19. The number of rotatable bonds is 2. The first-order chi connectivity index (χ1) is 6.76. The lowest BCUT2D eigenvalue weighted by molar-refractivity contribution is 0.104. The number of hydrogen-bond donors (Lipinski definition) is 0. The van der Waals surface area contributed by atoms with Crippen LogP contribution < -0.4 is 0 Å². The quantitative estimate of drug-likeness (QED) is 0.689. The molecule has 0 amide bonds. The highest BCUT2D eigenvalue weighted by molar-refractivity contribution is 5.19. The highest BCUT2D eigenvalue weighted by atomic mass is 15.3. The van der Waals surface area contributed by atoms with Crippen LogP contribution in [0.15, 0.2) is 0 Å². The molecule has 3 atom stereocenters. The van der Waals surface area contributed by atoms with E-state index in [0.717, 1.165) is 12.1 Å². The summed E-state index contributed by atoms with van der Waals surface area (Å²) in [5.41, 5.74) is 0.977. The topological polar surface area (TPSA) is 6.48 Å². The SMILES string of the molecule is C[C@@H]1CC2(CN(C)C)CC2N1C(C)(C)C. The van der Waals surface area contributed by atoms with Gasteiger partial charge in [-0.25, -0.2) is 0 Å². The molecule has 1 saturated heterocycles. The Labute approximate surface area is 94.6 Å². The van der Waals surface area contributed by atoms with Crippen molar-refractivity contribution in [1.29, 1.82) is 0 Å². The van der Waals surface area contributed by atoms with Gasteiger partial charge in [-0.2, -0.15) is 0 Å². The molecule has 1 aliphatic carbocycles. The number of piperidine rings is 1. The molecular weight excluding hydrogens is 184 g/mol. The van der Waals surface area contributed by atoms with Gasteiger partial charge in [0.2, 0.25) is 0 Å². The molecule has 2 rings (SSSR count). The third-order valence-corrected chi connectivity index (χ3v) is 4.06. The van der Waals surface area contributed by atoms with Crippen molar-refractivity contribution in [2.75, 3.05) is 20.6 Å². The van der Waals surface area contributed by atoms with Gasteiger partial charge in [0.15, 0.2) is 0 Å². The van der Waals surface area contributed by atoms with Crippen LogP contribution in [0, 0.1) is 5.41 Å². The van der Waals surface area contributed by atoms with Gasteiger partial charge in [0.25, 0.3) is 0 Å². The molecule has 2 heteroatoms. The van der Waals surface area contributed by atoms with E-state index in [9.17, 15) is 0 Å². The summed E-state index contributed by atoms with van der Waals surface area (Å²) in [5.74, 6) is 0. The summed E-state index contributed by atoms with van der Waals surface area (Å²) in [5, 5.41) is 0. The van der Waals surface area contributed by atoms with Crippen LogP contribution in [0.4, 0.5) is 0 Å². The van der Waals surface area contributed by atoms with Gasteiger partial charge in [-0.15, -0.1) is 0 Å². The molecule has 1 aliphatic heterocycles. The molecule has 1 saturated carbocycles. The lowest BCUT2D eigenvalue weighted by Gasteiger charge is -2.37. The number of hydrogen-bond acceptors (Lipinski definition) is 2. The van der Waals surface area contributed by atoms with Crippen molar-refractivity contribution in [3.63, 3.8) is 0 Å². The summed E-state index contributed by atoms with van der Waals surface area (Å²) in [6.07, 6.45) is 2.82. The standard InChI is InChI=1S/C13H26N2/c1-10-7-13(9-14(5)6)8-11(13)15(10)12(2,3)4/h10-11H,7-9H2,1-6H3/t10-,11?,13?/m1/s1. The van der Waals surface area contributed by atoms with Crippen LogP contribution >= 0.6 is 0 Å². The Morgan fingerprint density at radius 1 is 1.27 bits per heavy atom. The normalized spacial score (nSPS) is 41.0. The van der Waals surface area contributed by atoms with Crippen molar-refractivity contribution < 1.29 is 0 Å². The molecule has 15 heavy (non-hydrogen) atoms. The molecule has 2 nitrogen and oxygen atoms in total. The maximum Gasteiger partial charge on any atom is 0.0179 e. The van der Waals surface area contributed by atoms with E-state index in [-0.39, 0.29) is 0 Å². The Bertz CT molecular complexity index is 254. The third kappa shape index (κ3) is 1.83. The van der Waals surface area contributed by atoms with Crippen LogP contribution in [0.5, 0.6) is 0 Å². The van der Waals surface area contributed by atoms with Crippen LogP contribution in [0.2, 0.25) is 0 Å². The molecule has 0 aromatic rings. The van der Waals surface area contributed by atoms with E-state index < -0.39 is 0 Å². The second-order valence-corrected chi connectivity index (χ2v) is 6.95. The molecule has 0 N–H and O–H groups in total. The Kier molecular flexibility index (Phi) is 2.44. The molecular formula is C13H26N2. The van der Waals surface area contributed by atoms with E-state index in [2.05, 4.69) is 51.6 Å². The predicted molar refractivity (Wildman–Crippen MR) is 65.1 cm³/mol. The van der Waals surface area contributed by atoms with Gasteiger partial charge in [0.05, 0.1) is 0 Å². The van der Waals surface area contributed by atoms with E-state index in [4.69, 9.17) is 0 Å². The van der Waals surface area contributed by atoms with Crippen molar-refractivity contribution in [3.8, 4) is 0 Å². The van der Waals surface area contributed by atoms with Crippen LogP contribution in [0.1, 0.15) is 40.5 Å². The van der Waals surface area contributed by atoms with Crippen molar-refractivity contribution in [1.82, 2.24) is 9.80 Å². The number of fused-ring (bicyclic) bond motifs is 1. The minimum atomic E-state index is 0.342. The van der Waals surface area contributed by atoms with Crippen molar-refractivity contribution >= 4 is 0 Å². The van der Waals surface area contributed by atoms with Crippen molar-refractivity contribution in [2.45, 2.75) is 58.2 Å². The van der Waals surface area contributed by atoms with Crippen molar-refractivity contribution in [2.24, 2.45) is 5.41 Å². The molecule has 2 aliphatic rings. The summed E-state index contributed by atoms with van der Waals surface area (Å²) in [4.78, 5) is 5.11. The Morgan fingerprint density at radius 3 is 2.27 bits per heavy atom. The fourth-order valence-electron chi connectivity index (χ4n) is 3.93. The summed E-state index contributed by atoms with van der Waals surface area (Å²) >= 11 is 0. The van der Waals surface area contributed by atoms with E-state index in [1.807, 2.05) is 0 Å². The van der Waals surface area contributed by atoms with Gasteiger partial charge in [-0.3, -0.25) is 4.90 Å². The van der Waals surface area contributed by atoms with Gasteiger partial charge in [0.1, 0.15) is 0 Å². The van der Waals surface area contributed by atoms with Gasteiger partial charge in [-0.05, 0) is 54.6 Å². The van der Waals surface area contributed by atoms with Crippen molar-refractivity contribution in [3.05, 3.63) is 0 Å². The molecule has 2 fully saturated rings. The Hall–Kier alpha value is -0.0800. The second kappa shape index (κ2) is 3.21. The predicted octanol–water partition coefficient (Wildman–Crippen LogP) is 2.20. The molecule has 88 valence electrons. The minimum absolute atomic E-state index is 0.342. The zero-order chi connectivity index (χ0) is 11.4. The highest BCUT2D eigenvalue weighted by Gasteiger charge is 2.64. The largest absolute Gasteiger partial charge is 0.309 e. The number of nitrogens with zero attached hydrogens (tertiary/aromatic N) is 2. The van der Waals surface area contributed by atoms with E-state index in [1.165, 1.54) is 19.4 Å². The van der Waals surface area contributed by atoms with Gasteiger partial charge in [0, 0.05) is 29.6 Å². The summed E-state index contributed by atoms with van der Waals surface area (Å²) < 4.78 is 0. The summed E-state index contributed by atoms with van der Waals surface area (Å²) in [6.45, 7) is 10.7. The average Bonchev–Trinajstić information content (AvgIpc) is 2.50. The van der Waals surface area contributed by atoms with E-state index in [0.29, 0.717) is 11.0 Å². The molecule has 0 radical (unpaired) electrons. The lowest BCUT2D eigenvalue weighted by Crippen LogP contribution is -2.45. The average molecular weight is 210 g/mol.